The van der Waals surface area contributed by atoms with Crippen LogP contribution in [0.15, 0.2) is 30.3 Å². The van der Waals surface area contributed by atoms with Crippen molar-refractivity contribution in [2.24, 2.45) is 5.73 Å². The molecule has 88 valence electrons. The van der Waals surface area contributed by atoms with E-state index in [0.717, 1.165) is 0 Å². The smallest absolute Gasteiger partial charge is 0.305 e. The van der Waals surface area contributed by atoms with Gasteiger partial charge in [0, 0.05) is 6.04 Å². The molecule has 4 N–H and O–H groups in total. The van der Waals surface area contributed by atoms with Crippen LogP contribution in [0.25, 0.3) is 0 Å². The topological polar surface area (TPSA) is 92.8 Å². The first-order chi connectivity index (χ1) is 7.59. The van der Waals surface area contributed by atoms with Crippen molar-refractivity contribution in [2.75, 3.05) is 6.61 Å². The van der Waals surface area contributed by atoms with E-state index in [9.17, 15) is 9.90 Å². The highest BCUT2D eigenvalue weighted by Crippen LogP contribution is 2.09. The first-order valence-corrected chi connectivity index (χ1v) is 4.93. The maximum Gasteiger partial charge on any atom is 0.305 e. The summed E-state index contributed by atoms with van der Waals surface area (Å²) < 4.78 is 5.25. The molecule has 1 aromatic rings. The largest absolute Gasteiger partial charge is 0.491 e. The van der Waals surface area contributed by atoms with Crippen molar-refractivity contribution in [3.05, 3.63) is 30.3 Å². The second kappa shape index (κ2) is 6.09. The van der Waals surface area contributed by atoms with Crippen molar-refractivity contribution < 1.29 is 19.7 Å². The molecule has 1 unspecified atom stereocenters. The van der Waals surface area contributed by atoms with Crippen molar-refractivity contribution in [1.29, 1.82) is 0 Å². The number of carboxylic acids is 1. The minimum atomic E-state index is -1.04. The van der Waals surface area contributed by atoms with E-state index in [1.54, 1.807) is 24.3 Å². The first kappa shape index (κ1) is 12.5. The normalized spacial score (nSPS) is 14.1. The first-order valence-electron chi connectivity index (χ1n) is 4.93. The summed E-state index contributed by atoms with van der Waals surface area (Å²) >= 11 is 0. The lowest BCUT2D eigenvalue weighted by Gasteiger charge is -2.17. The van der Waals surface area contributed by atoms with Gasteiger partial charge in [0.05, 0.1) is 6.42 Å². The predicted octanol–water partition coefficient (Wildman–Crippen LogP) is 0.228. The van der Waals surface area contributed by atoms with Crippen molar-refractivity contribution >= 4 is 5.97 Å². The van der Waals surface area contributed by atoms with E-state index in [0.29, 0.717) is 5.75 Å². The van der Waals surface area contributed by atoms with Crippen LogP contribution in [-0.2, 0) is 4.79 Å². The van der Waals surface area contributed by atoms with Crippen LogP contribution in [0.2, 0.25) is 0 Å². The zero-order chi connectivity index (χ0) is 12.0. The monoisotopic (exact) mass is 225 g/mol. The summed E-state index contributed by atoms with van der Waals surface area (Å²) in [5.41, 5.74) is 5.47. The number of ether oxygens (including phenoxy) is 1. The Morgan fingerprint density at radius 2 is 2.00 bits per heavy atom. The maximum absolute atomic E-state index is 10.4. The van der Waals surface area contributed by atoms with Gasteiger partial charge in [0.15, 0.2) is 0 Å². The summed E-state index contributed by atoms with van der Waals surface area (Å²) in [5.74, 6) is -0.421. The van der Waals surface area contributed by atoms with Crippen LogP contribution < -0.4 is 10.5 Å². The molecule has 5 nitrogen and oxygen atoms in total. The molecule has 0 aliphatic heterocycles. The standard InChI is InChI=1S/C11H15NO4/c12-9(6-11(14)15)10(13)7-16-8-4-2-1-3-5-8/h1-5,9-10,13H,6-7,12H2,(H,14,15)/t9-,10?/m0/s1. The fraction of sp³-hybridized carbons (Fsp3) is 0.364. The highest BCUT2D eigenvalue weighted by atomic mass is 16.5. The lowest BCUT2D eigenvalue weighted by molar-refractivity contribution is -0.138. The molecule has 0 saturated heterocycles. The molecule has 0 spiro atoms. The van der Waals surface area contributed by atoms with Gasteiger partial charge in [0.1, 0.15) is 18.5 Å². The number of aliphatic carboxylic acids is 1. The molecule has 0 heterocycles. The molecule has 0 radical (unpaired) electrons. The zero-order valence-electron chi connectivity index (χ0n) is 8.74. The summed E-state index contributed by atoms with van der Waals surface area (Å²) in [4.78, 5) is 10.4. The number of hydrogen-bond donors (Lipinski definition) is 3. The summed E-state index contributed by atoms with van der Waals surface area (Å²) in [6.45, 7) is -0.0154. The predicted molar refractivity (Wildman–Crippen MR) is 58.2 cm³/mol. The summed E-state index contributed by atoms with van der Waals surface area (Å²) in [5, 5.41) is 18.0. The average Bonchev–Trinajstić information content (AvgIpc) is 2.26. The Labute approximate surface area is 93.5 Å². The van der Waals surface area contributed by atoms with Gasteiger partial charge in [-0.25, -0.2) is 0 Å². The second-order valence-corrected chi connectivity index (χ2v) is 3.45. The quantitative estimate of drug-likeness (QED) is 0.644. The lowest BCUT2D eigenvalue weighted by atomic mass is 10.1. The Kier molecular flexibility index (Phi) is 4.75. The van der Waals surface area contributed by atoms with Crippen LogP contribution in [-0.4, -0.2) is 34.9 Å². The maximum atomic E-state index is 10.4. The average molecular weight is 225 g/mol. The summed E-state index contributed by atoms with van der Waals surface area (Å²) in [6.07, 6.45) is -1.27. The molecule has 0 saturated carbocycles. The number of carboxylic acid groups (broad SMARTS) is 1. The number of aliphatic hydroxyl groups is 1. The van der Waals surface area contributed by atoms with Crippen LogP contribution in [0.3, 0.4) is 0 Å². The lowest BCUT2D eigenvalue weighted by Crippen LogP contribution is -2.40. The third kappa shape index (κ3) is 4.29. The number of para-hydroxylation sites is 1. The number of carbonyl (C=O) groups is 1. The highest BCUT2D eigenvalue weighted by molar-refractivity contribution is 5.67. The van der Waals surface area contributed by atoms with Crippen LogP contribution in [0.4, 0.5) is 0 Å². The molecule has 5 heteroatoms. The van der Waals surface area contributed by atoms with Crippen molar-refractivity contribution in [3.8, 4) is 5.75 Å². The Morgan fingerprint density at radius 1 is 1.38 bits per heavy atom. The number of nitrogens with two attached hydrogens (primary N) is 1. The van der Waals surface area contributed by atoms with Crippen molar-refractivity contribution in [1.82, 2.24) is 0 Å². The number of benzene rings is 1. The third-order valence-corrected chi connectivity index (χ3v) is 2.07. The van der Waals surface area contributed by atoms with Gasteiger partial charge in [-0.05, 0) is 12.1 Å². The van der Waals surface area contributed by atoms with E-state index >= 15 is 0 Å². The SMILES string of the molecule is N[C@@H](CC(=O)O)C(O)COc1ccccc1. The van der Waals surface area contributed by atoms with E-state index in [2.05, 4.69) is 0 Å². The van der Waals surface area contributed by atoms with Gasteiger partial charge in [0.2, 0.25) is 0 Å². The summed E-state index contributed by atoms with van der Waals surface area (Å²) in [6, 6.07) is 8.13. The zero-order valence-corrected chi connectivity index (χ0v) is 8.74. The van der Waals surface area contributed by atoms with Gasteiger partial charge in [-0.15, -0.1) is 0 Å². The number of hydrogen-bond acceptors (Lipinski definition) is 4. The minimum absolute atomic E-state index is 0.0154. The fourth-order valence-corrected chi connectivity index (χ4v) is 1.16. The molecule has 2 atom stereocenters. The van der Waals surface area contributed by atoms with E-state index < -0.39 is 18.1 Å². The Hall–Kier alpha value is -1.59. The molecule has 0 aliphatic rings. The van der Waals surface area contributed by atoms with Crippen LogP contribution in [0, 0.1) is 0 Å². The Morgan fingerprint density at radius 3 is 2.56 bits per heavy atom. The fourth-order valence-electron chi connectivity index (χ4n) is 1.16. The Bertz CT molecular complexity index is 328. The second-order valence-electron chi connectivity index (χ2n) is 3.45. The van der Waals surface area contributed by atoms with E-state index in [-0.39, 0.29) is 13.0 Å². The van der Waals surface area contributed by atoms with Crippen LogP contribution in [0.5, 0.6) is 5.75 Å². The molecule has 0 fully saturated rings. The van der Waals surface area contributed by atoms with E-state index in [1.165, 1.54) is 0 Å². The third-order valence-electron chi connectivity index (χ3n) is 2.07. The van der Waals surface area contributed by atoms with Gasteiger partial charge >= 0.3 is 5.97 Å². The number of rotatable bonds is 6. The molecular formula is C11H15NO4. The minimum Gasteiger partial charge on any atom is -0.491 e. The van der Waals surface area contributed by atoms with Crippen LogP contribution >= 0.6 is 0 Å². The Balaban J connectivity index is 2.35. The van der Waals surface area contributed by atoms with Gasteiger partial charge in [-0.2, -0.15) is 0 Å². The molecule has 16 heavy (non-hydrogen) atoms. The summed E-state index contributed by atoms with van der Waals surface area (Å²) in [7, 11) is 0. The van der Waals surface area contributed by atoms with E-state index in [4.69, 9.17) is 15.6 Å². The molecule has 0 aromatic heterocycles. The van der Waals surface area contributed by atoms with Crippen molar-refractivity contribution in [2.45, 2.75) is 18.6 Å². The van der Waals surface area contributed by atoms with Crippen LogP contribution in [0.1, 0.15) is 6.42 Å². The van der Waals surface area contributed by atoms with Gasteiger partial charge < -0.3 is 20.7 Å². The molecule has 1 rings (SSSR count). The van der Waals surface area contributed by atoms with Gasteiger partial charge in [-0.3, -0.25) is 4.79 Å². The molecule has 0 bridgehead atoms. The van der Waals surface area contributed by atoms with E-state index in [1.807, 2.05) is 6.07 Å². The molecular weight excluding hydrogens is 210 g/mol. The van der Waals surface area contributed by atoms with Crippen molar-refractivity contribution in [3.63, 3.8) is 0 Å². The molecule has 0 aliphatic carbocycles. The van der Waals surface area contributed by atoms with Gasteiger partial charge in [-0.1, -0.05) is 18.2 Å². The molecule has 1 aromatic carbocycles. The molecule has 0 amide bonds. The highest BCUT2D eigenvalue weighted by Gasteiger charge is 2.18. The number of aliphatic hydroxyl groups excluding tert-OH is 1. The van der Waals surface area contributed by atoms with Gasteiger partial charge in [0.25, 0.3) is 0 Å².